The molecule has 0 saturated heterocycles. The van der Waals surface area contributed by atoms with E-state index in [1.54, 1.807) is 0 Å². The summed E-state index contributed by atoms with van der Waals surface area (Å²) in [5.74, 6) is -0.904. The molecule has 0 heterocycles. The van der Waals surface area contributed by atoms with Gasteiger partial charge in [-0.3, -0.25) is 25.0 Å². The summed E-state index contributed by atoms with van der Waals surface area (Å²) < 4.78 is 0. The molecule has 0 amide bonds. The lowest BCUT2D eigenvalue weighted by Gasteiger charge is -2.01. The van der Waals surface area contributed by atoms with Gasteiger partial charge in [-0.1, -0.05) is 0 Å². The zero-order chi connectivity index (χ0) is 17.0. The normalized spacial score (nSPS) is 11.0. The highest BCUT2D eigenvalue weighted by atomic mass is 16.6. The molecule has 0 atom stereocenters. The number of allylic oxidation sites excluding steroid dienone is 1. The van der Waals surface area contributed by atoms with Gasteiger partial charge in [0, 0.05) is 41.5 Å². The molecule has 2 rings (SSSR count). The molecular formula is C15H10N2O6. The van der Waals surface area contributed by atoms with Gasteiger partial charge in [0.25, 0.3) is 11.4 Å². The molecule has 23 heavy (non-hydrogen) atoms. The highest BCUT2D eigenvalue weighted by molar-refractivity contribution is 6.07. The lowest BCUT2D eigenvalue weighted by molar-refractivity contribution is -0.385. The molecule has 0 saturated carbocycles. The Bertz CT molecular complexity index is 794. The van der Waals surface area contributed by atoms with E-state index in [-0.39, 0.29) is 28.3 Å². The third-order valence-corrected chi connectivity index (χ3v) is 3.00. The number of hydrogen-bond acceptors (Lipinski definition) is 6. The topological polar surface area (TPSA) is 124 Å². The minimum absolute atomic E-state index is 0.136. The second-order valence-electron chi connectivity index (χ2n) is 4.50. The molecule has 8 nitrogen and oxygen atoms in total. The van der Waals surface area contributed by atoms with Gasteiger partial charge < -0.3 is 5.11 Å². The van der Waals surface area contributed by atoms with Crippen molar-refractivity contribution < 1.29 is 19.7 Å². The van der Waals surface area contributed by atoms with Crippen LogP contribution in [-0.4, -0.2) is 20.7 Å². The van der Waals surface area contributed by atoms with Crippen LogP contribution in [-0.2, 0) is 0 Å². The molecule has 1 N–H and O–H groups in total. The first-order valence-corrected chi connectivity index (χ1v) is 6.33. The van der Waals surface area contributed by atoms with Crippen molar-refractivity contribution in [3.63, 3.8) is 0 Å². The van der Waals surface area contributed by atoms with Gasteiger partial charge >= 0.3 is 0 Å². The number of benzene rings is 2. The van der Waals surface area contributed by atoms with Crippen molar-refractivity contribution in [2.75, 3.05) is 0 Å². The van der Waals surface area contributed by atoms with Crippen molar-refractivity contribution in [3.05, 3.63) is 86.0 Å². The Morgan fingerprint density at radius 1 is 0.826 bits per heavy atom. The predicted molar refractivity (Wildman–Crippen MR) is 81.1 cm³/mol. The van der Waals surface area contributed by atoms with Gasteiger partial charge in [0.2, 0.25) is 0 Å². The van der Waals surface area contributed by atoms with Crippen LogP contribution in [0.1, 0.15) is 15.9 Å². The summed E-state index contributed by atoms with van der Waals surface area (Å²) in [6.45, 7) is 0. The minimum atomic E-state index is -0.585. The van der Waals surface area contributed by atoms with Gasteiger partial charge in [-0.25, -0.2) is 0 Å². The van der Waals surface area contributed by atoms with Crippen LogP contribution in [0, 0.1) is 20.2 Å². The first-order valence-electron chi connectivity index (χ1n) is 6.33. The molecule has 2 aromatic rings. The molecular weight excluding hydrogens is 304 g/mol. The smallest absolute Gasteiger partial charge is 0.269 e. The van der Waals surface area contributed by atoms with Crippen LogP contribution >= 0.6 is 0 Å². The fraction of sp³-hybridized carbons (Fsp3) is 0. The van der Waals surface area contributed by atoms with E-state index < -0.39 is 15.6 Å². The lowest BCUT2D eigenvalue weighted by Crippen LogP contribution is -1.97. The maximum absolute atomic E-state index is 12.0. The Morgan fingerprint density at radius 2 is 1.22 bits per heavy atom. The average molecular weight is 314 g/mol. The number of nitro groups is 2. The highest BCUT2D eigenvalue weighted by Crippen LogP contribution is 2.18. The van der Waals surface area contributed by atoms with Crippen molar-refractivity contribution >= 4 is 22.9 Å². The maximum Gasteiger partial charge on any atom is 0.269 e. The molecule has 0 radical (unpaired) electrons. The third-order valence-electron chi connectivity index (χ3n) is 3.00. The summed E-state index contributed by atoms with van der Waals surface area (Å²) in [5, 5.41) is 31.0. The first-order chi connectivity index (χ1) is 10.9. The van der Waals surface area contributed by atoms with E-state index >= 15 is 0 Å². The number of aliphatic hydroxyl groups excluding tert-OH is 1. The van der Waals surface area contributed by atoms with Crippen molar-refractivity contribution in [1.82, 2.24) is 0 Å². The van der Waals surface area contributed by atoms with Crippen molar-refractivity contribution in [1.29, 1.82) is 0 Å². The Hall–Kier alpha value is -3.55. The highest BCUT2D eigenvalue weighted by Gasteiger charge is 2.10. The Labute approximate surface area is 129 Å². The van der Waals surface area contributed by atoms with Gasteiger partial charge in [0.15, 0.2) is 5.78 Å². The number of rotatable bonds is 5. The summed E-state index contributed by atoms with van der Waals surface area (Å²) in [7, 11) is 0. The molecule has 0 aliphatic heterocycles. The van der Waals surface area contributed by atoms with Crippen molar-refractivity contribution in [2.45, 2.75) is 0 Å². The van der Waals surface area contributed by atoms with E-state index in [1.807, 2.05) is 0 Å². The van der Waals surface area contributed by atoms with Crippen LogP contribution < -0.4 is 0 Å². The number of non-ortho nitro benzene ring substituents is 2. The third kappa shape index (κ3) is 3.76. The largest absolute Gasteiger partial charge is 0.507 e. The quantitative estimate of drug-likeness (QED) is 0.297. The molecule has 0 aliphatic rings. The second-order valence-corrected chi connectivity index (χ2v) is 4.50. The van der Waals surface area contributed by atoms with E-state index in [9.17, 15) is 30.1 Å². The van der Waals surface area contributed by atoms with Gasteiger partial charge in [0.05, 0.1) is 9.85 Å². The number of carbonyl (C=O) groups excluding carboxylic acids is 1. The Balaban J connectivity index is 2.20. The van der Waals surface area contributed by atoms with E-state index in [0.717, 1.165) is 6.08 Å². The zero-order valence-electron chi connectivity index (χ0n) is 11.6. The van der Waals surface area contributed by atoms with Crippen molar-refractivity contribution in [3.8, 4) is 0 Å². The summed E-state index contributed by atoms with van der Waals surface area (Å²) in [6, 6.07) is 9.96. The summed E-state index contributed by atoms with van der Waals surface area (Å²) in [6.07, 6.45) is 0.947. The van der Waals surface area contributed by atoms with Crippen LogP contribution in [0.5, 0.6) is 0 Å². The van der Waals surface area contributed by atoms with E-state index in [2.05, 4.69) is 0 Å². The summed E-state index contributed by atoms with van der Waals surface area (Å²) in [5.41, 5.74) is 0.128. The predicted octanol–water partition coefficient (Wildman–Crippen LogP) is 3.28. The van der Waals surface area contributed by atoms with E-state index in [1.165, 1.54) is 48.5 Å². The Kier molecular flexibility index (Phi) is 4.46. The molecule has 0 unspecified atom stereocenters. The van der Waals surface area contributed by atoms with Gasteiger partial charge in [0.1, 0.15) is 5.76 Å². The standard InChI is InChI=1S/C15H10N2O6/c18-14(10-1-5-12(6-2-10)16(20)21)9-15(19)11-3-7-13(8-4-11)17(22)23/h1-9,18H/b14-9-. The molecule has 0 aliphatic carbocycles. The number of carbonyl (C=O) groups is 1. The fourth-order valence-corrected chi connectivity index (χ4v) is 1.79. The van der Waals surface area contributed by atoms with Gasteiger partial charge in [-0.2, -0.15) is 0 Å². The number of ketones is 1. The van der Waals surface area contributed by atoms with Crippen LogP contribution in [0.25, 0.3) is 5.76 Å². The molecule has 0 fully saturated rings. The maximum atomic E-state index is 12.0. The fourth-order valence-electron chi connectivity index (χ4n) is 1.79. The summed E-state index contributed by atoms with van der Waals surface area (Å²) >= 11 is 0. The number of nitro benzene ring substituents is 2. The molecule has 2 aromatic carbocycles. The second kappa shape index (κ2) is 6.48. The van der Waals surface area contributed by atoms with Crippen molar-refractivity contribution in [2.24, 2.45) is 0 Å². The van der Waals surface area contributed by atoms with E-state index in [0.29, 0.717) is 0 Å². The molecule has 8 heteroatoms. The zero-order valence-corrected chi connectivity index (χ0v) is 11.6. The average Bonchev–Trinajstić information content (AvgIpc) is 2.54. The lowest BCUT2D eigenvalue weighted by atomic mass is 10.1. The molecule has 0 aromatic heterocycles. The number of nitrogens with zero attached hydrogens (tertiary/aromatic N) is 2. The van der Waals surface area contributed by atoms with Gasteiger partial charge in [-0.15, -0.1) is 0 Å². The minimum Gasteiger partial charge on any atom is -0.507 e. The first kappa shape index (κ1) is 15.8. The van der Waals surface area contributed by atoms with Crippen LogP contribution in [0.15, 0.2) is 54.6 Å². The van der Waals surface area contributed by atoms with Crippen LogP contribution in [0.3, 0.4) is 0 Å². The SMILES string of the molecule is O=C(/C=C(\O)c1ccc([N+](=O)[O-])cc1)c1ccc([N+](=O)[O-])cc1. The molecule has 116 valence electrons. The van der Waals surface area contributed by atoms with Crippen LogP contribution in [0.2, 0.25) is 0 Å². The molecule has 0 bridgehead atoms. The number of aliphatic hydroxyl groups is 1. The monoisotopic (exact) mass is 314 g/mol. The number of hydrogen-bond donors (Lipinski definition) is 1. The molecule has 0 spiro atoms. The Morgan fingerprint density at radius 3 is 1.61 bits per heavy atom. The summed E-state index contributed by atoms with van der Waals surface area (Å²) in [4.78, 5) is 31.9. The van der Waals surface area contributed by atoms with Gasteiger partial charge in [-0.05, 0) is 24.3 Å². The van der Waals surface area contributed by atoms with Crippen LogP contribution in [0.4, 0.5) is 11.4 Å². The van der Waals surface area contributed by atoms with E-state index in [4.69, 9.17) is 0 Å².